The Labute approximate surface area is 68.5 Å². The van der Waals surface area contributed by atoms with Crippen molar-refractivity contribution in [2.24, 2.45) is 10.8 Å². The summed E-state index contributed by atoms with van der Waals surface area (Å²) in [6.45, 7) is 0. The number of amides is 2. The van der Waals surface area contributed by atoms with Crippen LogP contribution in [0.15, 0.2) is 23.8 Å². The summed E-state index contributed by atoms with van der Waals surface area (Å²) < 4.78 is 0. The van der Waals surface area contributed by atoms with E-state index in [2.05, 4.69) is 15.1 Å². The summed E-state index contributed by atoms with van der Waals surface area (Å²) >= 11 is 0. The molecule has 12 heavy (non-hydrogen) atoms. The molecule has 0 aliphatic rings. The molecule has 0 atom stereocenters. The van der Waals surface area contributed by atoms with Crippen molar-refractivity contribution in [3.63, 3.8) is 0 Å². The van der Waals surface area contributed by atoms with E-state index in [9.17, 15) is 4.79 Å². The van der Waals surface area contributed by atoms with Gasteiger partial charge in [0.05, 0.1) is 6.21 Å². The van der Waals surface area contributed by atoms with E-state index in [1.54, 1.807) is 12.4 Å². The number of primary amides is 1. The van der Waals surface area contributed by atoms with Crippen molar-refractivity contribution in [1.82, 2.24) is 15.4 Å². The number of hydrogen-bond donors (Lipinski definition) is 2. The predicted molar refractivity (Wildman–Crippen MR) is 42.3 cm³/mol. The summed E-state index contributed by atoms with van der Waals surface area (Å²) in [6, 6.07) is -0.705. The van der Waals surface area contributed by atoms with Gasteiger partial charge in [0.2, 0.25) is 0 Å². The van der Waals surface area contributed by atoms with E-state index in [1.807, 2.05) is 5.43 Å². The Morgan fingerprint density at radius 3 is 2.83 bits per heavy atom. The minimum atomic E-state index is -0.705. The minimum Gasteiger partial charge on any atom is -0.350 e. The van der Waals surface area contributed by atoms with E-state index in [-0.39, 0.29) is 0 Å². The lowest BCUT2D eigenvalue weighted by Gasteiger charge is -1.90. The Kier molecular flexibility index (Phi) is 2.72. The third-order valence-corrected chi connectivity index (χ3v) is 0.969. The zero-order valence-electron chi connectivity index (χ0n) is 6.14. The minimum absolute atomic E-state index is 0.686. The molecule has 2 amide bonds. The van der Waals surface area contributed by atoms with Crippen LogP contribution in [0.5, 0.6) is 0 Å². The Bertz CT molecular complexity index is 283. The third-order valence-electron chi connectivity index (χ3n) is 0.969. The molecular weight excluding hydrogens is 158 g/mol. The summed E-state index contributed by atoms with van der Waals surface area (Å²) in [4.78, 5) is 17.6. The highest BCUT2D eigenvalue weighted by Gasteiger charge is 1.86. The van der Waals surface area contributed by atoms with Crippen molar-refractivity contribution in [3.8, 4) is 0 Å². The molecule has 0 aromatic carbocycles. The molecule has 0 spiro atoms. The average molecular weight is 165 g/mol. The number of nitrogens with two attached hydrogens (primary N) is 1. The first-order valence-corrected chi connectivity index (χ1v) is 3.12. The van der Waals surface area contributed by atoms with Gasteiger partial charge in [-0.1, -0.05) is 0 Å². The normalized spacial score (nSPS) is 10.0. The Balaban J connectivity index is 2.52. The molecule has 0 unspecified atom stereocenters. The largest absolute Gasteiger partial charge is 0.350 e. The number of rotatable bonds is 2. The van der Waals surface area contributed by atoms with Crippen LogP contribution in [-0.4, -0.2) is 22.2 Å². The van der Waals surface area contributed by atoms with E-state index >= 15 is 0 Å². The first-order chi connectivity index (χ1) is 5.79. The smallest absolute Gasteiger partial charge is 0.332 e. The molecule has 6 heteroatoms. The highest BCUT2D eigenvalue weighted by Crippen LogP contribution is 1.85. The Hall–Kier alpha value is -1.98. The summed E-state index contributed by atoms with van der Waals surface area (Å²) in [7, 11) is 0. The lowest BCUT2D eigenvalue weighted by atomic mass is 10.4. The van der Waals surface area contributed by atoms with Gasteiger partial charge in [0.15, 0.2) is 0 Å². The van der Waals surface area contributed by atoms with E-state index in [0.717, 1.165) is 0 Å². The van der Waals surface area contributed by atoms with Crippen molar-refractivity contribution >= 4 is 12.2 Å². The number of nitrogens with one attached hydrogen (secondary N) is 1. The van der Waals surface area contributed by atoms with Gasteiger partial charge in [-0.25, -0.2) is 20.2 Å². The summed E-state index contributed by atoms with van der Waals surface area (Å²) in [5.41, 5.74) is 7.49. The summed E-state index contributed by atoms with van der Waals surface area (Å²) in [5.74, 6) is 0. The quantitative estimate of drug-likeness (QED) is 0.456. The fourth-order valence-corrected chi connectivity index (χ4v) is 0.548. The second kappa shape index (κ2) is 4.02. The molecular formula is C6H7N5O. The SMILES string of the molecule is NC(=O)N/N=C/c1cncnc1. The molecule has 1 heterocycles. The fraction of sp³-hybridized carbons (Fsp3) is 0. The maximum atomic E-state index is 10.2. The average Bonchev–Trinajstić information content (AvgIpc) is 2.05. The predicted octanol–water partition coefficient (Wildman–Crippen LogP) is -0.521. The van der Waals surface area contributed by atoms with Crippen LogP contribution in [0.1, 0.15) is 5.56 Å². The molecule has 0 fully saturated rings. The van der Waals surface area contributed by atoms with Crippen LogP contribution in [0.2, 0.25) is 0 Å². The van der Waals surface area contributed by atoms with Crippen LogP contribution in [0.3, 0.4) is 0 Å². The highest BCUT2D eigenvalue weighted by atomic mass is 16.2. The van der Waals surface area contributed by atoms with E-state index in [4.69, 9.17) is 5.73 Å². The number of carbonyl (C=O) groups excluding carboxylic acids is 1. The van der Waals surface area contributed by atoms with E-state index in [1.165, 1.54) is 12.5 Å². The van der Waals surface area contributed by atoms with Crippen LogP contribution in [0, 0.1) is 0 Å². The molecule has 0 aliphatic heterocycles. The van der Waals surface area contributed by atoms with Gasteiger partial charge in [-0.3, -0.25) is 0 Å². The lowest BCUT2D eigenvalue weighted by molar-refractivity contribution is 0.249. The zero-order valence-corrected chi connectivity index (χ0v) is 6.14. The van der Waals surface area contributed by atoms with Gasteiger partial charge in [0.25, 0.3) is 0 Å². The van der Waals surface area contributed by atoms with Gasteiger partial charge in [0, 0.05) is 18.0 Å². The number of nitrogens with zero attached hydrogens (tertiary/aromatic N) is 3. The van der Waals surface area contributed by atoms with Crippen molar-refractivity contribution < 1.29 is 4.79 Å². The standard InChI is InChI=1S/C6H7N5O/c7-6(12)11-10-3-5-1-8-4-9-2-5/h1-4H,(H3,7,11,12)/b10-3+. The maximum absolute atomic E-state index is 10.2. The Morgan fingerprint density at radius 1 is 1.58 bits per heavy atom. The summed E-state index contributed by atoms with van der Waals surface area (Å²) in [5, 5.41) is 3.51. The van der Waals surface area contributed by atoms with Gasteiger partial charge < -0.3 is 5.73 Å². The number of hydrogen-bond acceptors (Lipinski definition) is 4. The number of carbonyl (C=O) groups is 1. The van der Waals surface area contributed by atoms with Crippen molar-refractivity contribution in [3.05, 3.63) is 24.3 Å². The van der Waals surface area contributed by atoms with Crippen LogP contribution < -0.4 is 11.2 Å². The van der Waals surface area contributed by atoms with E-state index < -0.39 is 6.03 Å². The molecule has 1 aromatic rings. The van der Waals surface area contributed by atoms with Gasteiger partial charge in [-0.05, 0) is 0 Å². The van der Waals surface area contributed by atoms with Gasteiger partial charge in [-0.15, -0.1) is 0 Å². The molecule has 0 radical (unpaired) electrons. The first kappa shape index (κ1) is 8.12. The first-order valence-electron chi connectivity index (χ1n) is 3.12. The van der Waals surface area contributed by atoms with Gasteiger partial charge >= 0.3 is 6.03 Å². The van der Waals surface area contributed by atoms with Crippen molar-refractivity contribution in [1.29, 1.82) is 0 Å². The van der Waals surface area contributed by atoms with Crippen molar-refractivity contribution in [2.75, 3.05) is 0 Å². The third kappa shape index (κ3) is 2.74. The van der Waals surface area contributed by atoms with Crippen LogP contribution in [-0.2, 0) is 0 Å². The maximum Gasteiger partial charge on any atom is 0.332 e. The molecule has 62 valence electrons. The molecule has 1 aromatic heterocycles. The second-order valence-corrected chi connectivity index (χ2v) is 1.91. The molecule has 0 aliphatic carbocycles. The number of hydrazone groups is 1. The van der Waals surface area contributed by atoms with Crippen LogP contribution >= 0.6 is 0 Å². The zero-order chi connectivity index (χ0) is 8.81. The molecule has 6 nitrogen and oxygen atoms in total. The highest BCUT2D eigenvalue weighted by molar-refractivity contribution is 5.80. The molecule has 1 rings (SSSR count). The molecule has 0 saturated carbocycles. The topological polar surface area (TPSA) is 93.3 Å². The van der Waals surface area contributed by atoms with Crippen LogP contribution in [0.25, 0.3) is 0 Å². The lowest BCUT2D eigenvalue weighted by Crippen LogP contribution is -2.24. The number of urea groups is 1. The fourth-order valence-electron chi connectivity index (χ4n) is 0.548. The summed E-state index contributed by atoms with van der Waals surface area (Å²) in [6.07, 6.45) is 5.90. The molecule has 0 bridgehead atoms. The van der Waals surface area contributed by atoms with Crippen molar-refractivity contribution in [2.45, 2.75) is 0 Å². The molecule has 0 saturated heterocycles. The van der Waals surface area contributed by atoms with E-state index in [0.29, 0.717) is 5.56 Å². The van der Waals surface area contributed by atoms with Gasteiger partial charge in [-0.2, -0.15) is 5.10 Å². The number of aromatic nitrogens is 2. The monoisotopic (exact) mass is 165 g/mol. The van der Waals surface area contributed by atoms with Gasteiger partial charge in [0.1, 0.15) is 6.33 Å². The molecule has 3 N–H and O–H groups in total. The second-order valence-electron chi connectivity index (χ2n) is 1.91. The Morgan fingerprint density at radius 2 is 2.25 bits per heavy atom. The van der Waals surface area contributed by atoms with Crippen LogP contribution in [0.4, 0.5) is 4.79 Å².